The molecule has 0 radical (unpaired) electrons. The Bertz CT molecular complexity index is 2170. The maximum absolute atomic E-state index is 5.73. The Balaban J connectivity index is 0.000000189. The summed E-state index contributed by atoms with van der Waals surface area (Å²) in [6.07, 6.45) is 7.58. The van der Waals surface area contributed by atoms with Crippen molar-refractivity contribution >= 4 is 28.7 Å². The molecular weight excluding hydrogens is 609 g/mol. The van der Waals surface area contributed by atoms with E-state index in [0.717, 1.165) is 16.7 Å². The Morgan fingerprint density at radius 2 is 1.10 bits per heavy atom. The van der Waals surface area contributed by atoms with Gasteiger partial charge in [0.15, 0.2) is 0 Å². The van der Waals surface area contributed by atoms with E-state index in [1.807, 2.05) is 43.4 Å². The standard InChI is InChI=1S/C25H20.C13H10O.C8H13N.CH3N/c1-19-7-5-10-23(17-19)25-12-6-11-24(18-25)22-15-13-21(14-16-22)20-8-3-2-4-9-20;1-9-6-7-11-10-4-2-3-5-12(10)14-13(11)8-9;1-3-5-8(7-9)6-4-2;1-2/h2-18H,1H3;2-8H,1H3;3-6H,1,7,9H2,2H3;2H,1H2/b;;6-4-,8-5+;. The zero-order valence-corrected chi connectivity index (χ0v) is 29.3. The minimum absolute atomic E-state index is 0.580. The van der Waals surface area contributed by atoms with Crippen LogP contribution in [0.25, 0.3) is 55.3 Å². The Hall–Kier alpha value is -6.03. The summed E-state index contributed by atoms with van der Waals surface area (Å²) in [6.45, 7) is 12.8. The highest BCUT2D eigenvalue weighted by molar-refractivity contribution is 6.04. The first-order valence-corrected chi connectivity index (χ1v) is 16.7. The van der Waals surface area contributed by atoms with Crippen LogP contribution in [-0.4, -0.2) is 13.3 Å². The fraction of sp³-hybridized carbons (Fsp3) is 0.0851. The SMILES string of the molecule is C=C/C=C(\C=C/C)CN.C=N.Cc1ccc2c(c1)oc1ccccc12.Cc1cccc(-c2cccc(-c3ccc(-c4ccccc4)cc3)c2)c1. The average Bonchev–Trinajstić information content (AvgIpc) is 3.54. The highest BCUT2D eigenvalue weighted by Crippen LogP contribution is 2.30. The fourth-order valence-corrected chi connectivity index (χ4v) is 5.58. The summed E-state index contributed by atoms with van der Waals surface area (Å²) in [4.78, 5) is 0. The average molecular weight is 655 g/mol. The van der Waals surface area contributed by atoms with E-state index in [2.05, 4.69) is 155 Å². The van der Waals surface area contributed by atoms with Crippen LogP contribution < -0.4 is 5.73 Å². The summed E-state index contributed by atoms with van der Waals surface area (Å²) in [5.74, 6) is 0. The molecule has 3 N–H and O–H groups in total. The molecule has 250 valence electrons. The molecule has 0 saturated carbocycles. The number of allylic oxidation sites excluding steroid dienone is 3. The van der Waals surface area contributed by atoms with Crippen molar-refractivity contribution in [2.24, 2.45) is 5.73 Å². The number of fused-ring (bicyclic) bond motifs is 3. The van der Waals surface area contributed by atoms with Gasteiger partial charge in [-0.15, -0.1) is 0 Å². The van der Waals surface area contributed by atoms with Crippen LogP contribution in [0.15, 0.2) is 186 Å². The Morgan fingerprint density at radius 1 is 0.580 bits per heavy atom. The highest BCUT2D eigenvalue weighted by atomic mass is 16.3. The van der Waals surface area contributed by atoms with Crippen molar-refractivity contribution in [2.45, 2.75) is 20.8 Å². The van der Waals surface area contributed by atoms with Crippen molar-refractivity contribution in [3.8, 4) is 33.4 Å². The van der Waals surface area contributed by atoms with Crippen molar-refractivity contribution in [3.05, 3.63) is 193 Å². The second kappa shape index (κ2) is 19.1. The smallest absolute Gasteiger partial charge is 0.135 e. The van der Waals surface area contributed by atoms with Crippen molar-refractivity contribution in [1.29, 1.82) is 5.41 Å². The third-order valence-electron chi connectivity index (χ3n) is 8.02. The van der Waals surface area contributed by atoms with Crippen molar-refractivity contribution in [3.63, 3.8) is 0 Å². The summed E-state index contributed by atoms with van der Waals surface area (Å²) in [5, 5.41) is 7.90. The lowest BCUT2D eigenvalue weighted by Gasteiger charge is -2.08. The van der Waals surface area contributed by atoms with E-state index in [4.69, 9.17) is 15.6 Å². The monoisotopic (exact) mass is 654 g/mol. The molecule has 0 unspecified atom stereocenters. The normalized spacial score (nSPS) is 10.8. The first-order valence-electron chi connectivity index (χ1n) is 16.7. The van der Waals surface area contributed by atoms with Crippen LogP contribution in [0.4, 0.5) is 0 Å². The lowest BCUT2D eigenvalue weighted by molar-refractivity contribution is 0.668. The molecule has 6 aromatic carbocycles. The van der Waals surface area contributed by atoms with Gasteiger partial charge in [-0.05, 0) is 90.2 Å². The van der Waals surface area contributed by atoms with Gasteiger partial charge in [0, 0.05) is 17.3 Å². The molecule has 0 saturated heterocycles. The number of aryl methyl sites for hydroxylation is 2. The number of nitrogens with one attached hydrogen (secondary N) is 1. The van der Waals surface area contributed by atoms with Gasteiger partial charge in [-0.3, -0.25) is 0 Å². The van der Waals surface area contributed by atoms with Crippen LogP contribution in [0.5, 0.6) is 0 Å². The van der Waals surface area contributed by atoms with E-state index in [1.54, 1.807) is 6.08 Å². The van der Waals surface area contributed by atoms with E-state index in [-0.39, 0.29) is 0 Å². The molecule has 50 heavy (non-hydrogen) atoms. The van der Waals surface area contributed by atoms with Gasteiger partial charge in [-0.25, -0.2) is 0 Å². The van der Waals surface area contributed by atoms with Crippen LogP contribution in [0.3, 0.4) is 0 Å². The minimum atomic E-state index is 0.580. The van der Waals surface area contributed by atoms with E-state index in [9.17, 15) is 0 Å². The number of para-hydroxylation sites is 1. The van der Waals surface area contributed by atoms with Crippen molar-refractivity contribution in [1.82, 2.24) is 0 Å². The first-order chi connectivity index (χ1) is 24.5. The van der Waals surface area contributed by atoms with E-state index in [0.29, 0.717) is 6.54 Å². The third-order valence-corrected chi connectivity index (χ3v) is 8.02. The second-order valence-corrected chi connectivity index (χ2v) is 11.7. The van der Waals surface area contributed by atoms with Gasteiger partial charge in [0.1, 0.15) is 11.2 Å². The molecule has 0 fully saturated rings. The van der Waals surface area contributed by atoms with Gasteiger partial charge >= 0.3 is 0 Å². The number of rotatable bonds is 6. The number of nitrogens with two attached hydrogens (primary N) is 1. The molecule has 3 heteroatoms. The number of hydrogen-bond donors (Lipinski definition) is 2. The molecule has 0 atom stereocenters. The Labute approximate surface area is 297 Å². The van der Waals surface area contributed by atoms with Gasteiger partial charge in [-0.1, -0.05) is 164 Å². The first kappa shape index (κ1) is 36.8. The van der Waals surface area contributed by atoms with E-state index in [1.165, 1.54) is 55.3 Å². The number of furan rings is 1. The number of hydrogen-bond acceptors (Lipinski definition) is 3. The van der Waals surface area contributed by atoms with Crippen LogP contribution in [-0.2, 0) is 0 Å². The lowest BCUT2D eigenvalue weighted by atomic mass is 9.96. The minimum Gasteiger partial charge on any atom is -0.456 e. The molecule has 7 rings (SSSR count). The summed E-state index contributed by atoms with van der Waals surface area (Å²) in [5.41, 5.74) is 18.5. The predicted molar refractivity (Wildman–Crippen MR) is 218 cm³/mol. The Morgan fingerprint density at radius 3 is 1.74 bits per heavy atom. The quantitative estimate of drug-likeness (QED) is 0.138. The topological polar surface area (TPSA) is 63.0 Å². The molecule has 0 aliphatic heterocycles. The molecule has 7 aromatic rings. The molecule has 0 aliphatic rings. The summed E-state index contributed by atoms with van der Waals surface area (Å²) in [6, 6.07) is 51.2. The van der Waals surface area contributed by atoms with Gasteiger partial charge < -0.3 is 15.6 Å². The van der Waals surface area contributed by atoms with Crippen molar-refractivity contribution < 1.29 is 4.42 Å². The second-order valence-electron chi connectivity index (χ2n) is 11.7. The molecule has 1 heterocycles. The van der Waals surface area contributed by atoms with Crippen molar-refractivity contribution in [2.75, 3.05) is 6.54 Å². The summed E-state index contributed by atoms with van der Waals surface area (Å²) in [7, 11) is 0. The van der Waals surface area contributed by atoms with E-state index >= 15 is 0 Å². The molecular formula is C47H46N2O. The van der Waals surface area contributed by atoms with Crippen LogP contribution >= 0.6 is 0 Å². The van der Waals surface area contributed by atoms with E-state index < -0.39 is 0 Å². The highest BCUT2D eigenvalue weighted by Gasteiger charge is 2.05. The fourth-order valence-electron chi connectivity index (χ4n) is 5.58. The number of benzene rings is 6. The zero-order chi connectivity index (χ0) is 35.7. The molecule has 1 aromatic heterocycles. The van der Waals surface area contributed by atoms with Gasteiger partial charge in [0.25, 0.3) is 0 Å². The molecule has 0 amide bonds. The molecule has 0 aliphatic carbocycles. The van der Waals surface area contributed by atoms with Gasteiger partial charge in [0.05, 0.1) is 0 Å². The third kappa shape index (κ3) is 9.99. The van der Waals surface area contributed by atoms with Crippen LogP contribution in [0, 0.1) is 19.3 Å². The Kier molecular flexibility index (Phi) is 14.0. The van der Waals surface area contributed by atoms with Crippen LogP contribution in [0.2, 0.25) is 0 Å². The largest absolute Gasteiger partial charge is 0.456 e. The zero-order valence-electron chi connectivity index (χ0n) is 29.3. The summed E-state index contributed by atoms with van der Waals surface area (Å²) < 4.78 is 5.73. The van der Waals surface area contributed by atoms with Crippen LogP contribution in [0.1, 0.15) is 18.1 Å². The summed E-state index contributed by atoms with van der Waals surface area (Å²) >= 11 is 0. The van der Waals surface area contributed by atoms with Gasteiger partial charge in [-0.2, -0.15) is 0 Å². The maximum atomic E-state index is 5.73. The maximum Gasteiger partial charge on any atom is 0.135 e. The molecule has 0 bridgehead atoms. The molecule has 0 spiro atoms. The predicted octanol–water partition coefficient (Wildman–Crippen LogP) is 12.8. The lowest BCUT2D eigenvalue weighted by Crippen LogP contribution is -1.99. The van der Waals surface area contributed by atoms with Gasteiger partial charge in [0.2, 0.25) is 0 Å². The molecule has 3 nitrogen and oxygen atoms in total.